The number of fused-ring (bicyclic) bond motifs is 1. The van der Waals surface area contributed by atoms with Gasteiger partial charge in [-0.05, 0) is 19.1 Å². The first-order valence-corrected chi connectivity index (χ1v) is 8.14. The van der Waals surface area contributed by atoms with Gasteiger partial charge in [-0.3, -0.25) is 4.79 Å². The molecule has 0 saturated carbocycles. The fourth-order valence-corrected chi connectivity index (χ4v) is 3.81. The number of nitrogens with zero attached hydrogens (tertiary/aromatic N) is 1. The minimum absolute atomic E-state index is 0.000708. The summed E-state index contributed by atoms with van der Waals surface area (Å²) in [5, 5.41) is 6.71. The van der Waals surface area contributed by atoms with Gasteiger partial charge in [-0.1, -0.05) is 18.2 Å². The van der Waals surface area contributed by atoms with Crippen LogP contribution in [0, 0.1) is 0 Å². The van der Waals surface area contributed by atoms with E-state index in [1.54, 1.807) is 23.1 Å². The van der Waals surface area contributed by atoms with Crippen molar-refractivity contribution in [2.24, 2.45) is 0 Å². The standard InChI is InChI=1S/C14H15N3OS2/c1-9(19-10-5-3-2-4-6-10)13(18)17-14-16-11-7-15-8-12(11)20-14/h2-6,9,15H,7-8H2,1H3,(H,16,17,18). The summed E-state index contributed by atoms with van der Waals surface area (Å²) >= 11 is 3.11. The molecule has 20 heavy (non-hydrogen) atoms. The van der Waals surface area contributed by atoms with E-state index in [1.807, 2.05) is 37.3 Å². The molecule has 0 saturated heterocycles. The van der Waals surface area contributed by atoms with E-state index in [0.717, 1.165) is 23.7 Å². The van der Waals surface area contributed by atoms with Gasteiger partial charge in [0.2, 0.25) is 5.91 Å². The molecule has 6 heteroatoms. The summed E-state index contributed by atoms with van der Waals surface area (Å²) in [6, 6.07) is 9.95. The number of carbonyl (C=O) groups excluding carboxylic acids is 1. The lowest BCUT2D eigenvalue weighted by molar-refractivity contribution is -0.115. The molecule has 0 radical (unpaired) electrons. The van der Waals surface area contributed by atoms with E-state index in [4.69, 9.17) is 0 Å². The quantitative estimate of drug-likeness (QED) is 0.853. The molecule has 1 unspecified atom stereocenters. The molecule has 1 aromatic carbocycles. The molecule has 4 nitrogen and oxygen atoms in total. The van der Waals surface area contributed by atoms with Crippen LogP contribution in [0.5, 0.6) is 0 Å². The Kier molecular flexibility index (Phi) is 4.05. The van der Waals surface area contributed by atoms with Crippen LogP contribution in [0.4, 0.5) is 5.13 Å². The van der Waals surface area contributed by atoms with Crippen molar-refractivity contribution in [3.8, 4) is 0 Å². The molecule has 2 N–H and O–H groups in total. The third-order valence-electron chi connectivity index (χ3n) is 3.01. The lowest BCUT2D eigenvalue weighted by Crippen LogP contribution is -2.22. The second-order valence-corrected chi connectivity index (χ2v) is 7.05. The van der Waals surface area contributed by atoms with Gasteiger partial charge in [0.15, 0.2) is 5.13 Å². The summed E-state index contributed by atoms with van der Waals surface area (Å²) in [5.74, 6) is -0.000708. The molecular formula is C14H15N3OS2. The van der Waals surface area contributed by atoms with Gasteiger partial charge in [0, 0.05) is 22.9 Å². The summed E-state index contributed by atoms with van der Waals surface area (Å²) in [7, 11) is 0. The van der Waals surface area contributed by atoms with Gasteiger partial charge in [-0.15, -0.1) is 23.1 Å². The highest BCUT2D eigenvalue weighted by molar-refractivity contribution is 8.00. The van der Waals surface area contributed by atoms with Crippen LogP contribution < -0.4 is 10.6 Å². The Hall–Kier alpha value is -1.37. The Morgan fingerprint density at radius 1 is 1.40 bits per heavy atom. The minimum atomic E-state index is -0.144. The van der Waals surface area contributed by atoms with Gasteiger partial charge in [0.05, 0.1) is 10.9 Å². The molecule has 0 bridgehead atoms. The van der Waals surface area contributed by atoms with Crippen LogP contribution >= 0.6 is 23.1 Å². The normalized spacial score (nSPS) is 14.8. The maximum absolute atomic E-state index is 12.2. The Morgan fingerprint density at radius 2 is 2.20 bits per heavy atom. The van der Waals surface area contributed by atoms with Crippen LogP contribution in [-0.4, -0.2) is 16.1 Å². The predicted molar refractivity (Wildman–Crippen MR) is 83.0 cm³/mol. The van der Waals surface area contributed by atoms with E-state index in [2.05, 4.69) is 15.6 Å². The lowest BCUT2D eigenvalue weighted by Gasteiger charge is -2.10. The van der Waals surface area contributed by atoms with E-state index in [1.165, 1.54) is 4.88 Å². The van der Waals surface area contributed by atoms with Crippen LogP contribution in [0.1, 0.15) is 17.5 Å². The average molecular weight is 305 g/mol. The summed E-state index contributed by atoms with van der Waals surface area (Å²) in [6.45, 7) is 3.57. The third-order valence-corrected chi connectivity index (χ3v) is 5.14. The molecule has 2 aromatic rings. The van der Waals surface area contributed by atoms with Crippen molar-refractivity contribution in [1.82, 2.24) is 10.3 Å². The highest BCUT2D eigenvalue weighted by atomic mass is 32.2. The fourth-order valence-electron chi connectivity index (χ4n) is 1.97. The zero-order valence-corrected chi connectivity index (χ0v) is 12.7. The van der Waals surface area contributed by atoms with E-state index >= 15 is 0 Å². The first-order chi connectivity index (χ1) is 9.72. The molecule has 3 rings (SSSR count). The Bertz CT molecular complexity index is 591. The maximum atomic E-state index is 12.2. The Morgan fingerprint density at radius 3 is 2.95 bits per heavy atom. The molecule has 0 fully saturated rings. The summed E-state index contributed by atoms with van der Waals surface area (Å²) in [5.41, 5.74) is 1.06. The zero-order valence-electron chi connectivity index (χ0n) is 11.1. The number of hydrogen-bond acceptors (Lipinski definition) is 5. The van der Waals surface area contributed by atoms with Gasteiger partial charge >= 0.3 is 0 Å². The number of thioether (sulfide) groups is 1. The first-order valence-electron chi connectivity index (χ1n) is 6.44. The number of aromatic nitrogens is 1. The molecular weight excluding hydrogens is 290 g/mol. The average Bonchev–Trinajstić information content (AvgIpc) is 3.00. The highest BCUT2D eigenvalue weighted by Crippen LogP contribution is 2.28. The topological polar surface area (TPSA) is 54.0 Å². The van der Waals surface area contributed by atoms with Crippen LogP contribution in [-0.2, 0) is 17.9 Å². The number of carbonyl (C=O) groups is 1. The van der Waals surface area contributed by atoms with Crippen LogP contribution in [0.15, 0.2) is 35.2 Å². The van der Waals surface area contributed by atoms with E-state index in [9.17, 15) is 4.79 Å². The van der Waals surface area contributed by atoms with E-state index < -0.39 is 0 Å². The molecule has 0 spiro atoms. The molecule has 1 aliphatic rings. The smallest absolute Gasteiger partial charge is 0.239 e. The van der Waals surface area contributed by atoms with Crippen molar-refractivity contribution in [2.75, 3.05) is 5.32 Å². The molecule has 2 heterocycles. The van der Waals surface area contributed by atoms with Crippen molar-refractivity contribution in [3.63, 3.8) is 0 Å². The molecule has 1 aliphatic heterocycles. The van der Waals surface area contributed by atoms with Crippen LogP contribution in [0.25, 0.3) is 0 Å². The third kappa shape index (κ3) is 3.03. The summed E-state index contributed by atoms with van der Waals surface area (Å²) < 4.78 is 0. The van der Waals surface area contributed by atoms with E-state index in [-0.39, 0.29) is 11.2 Å². The highest BCUT2D eigenvalue weighted by Gasteiger charge is 2.20. The van der Waals surface area contributed by atoms with Gasteiger partial charge in [-0.2, -0.15) is 0 Å². The predicted octanol–water partition coefficient (Wildman–Crippen LogP) is 2.87. The summed E-state index contributed by atoms with van der Waals surface area (Å²) in [4.78, 5) is 18.9. The second-order valence-electron chi connectivity index (χ2n) is 4.55. The number of amides is 1. The van der Waals surface area contributed by atoms with Crippen molar-refractivity contribution in [2.45, 2.75) is 30.2 Å². The van der Waals surface area contributed by atoms with Crippen LogP contribution in [0.3, 0.4) is 0 Å². The maximum Gasteiger partial charge on any atom is 0.239 e. The SMILES string of the molecule is CC(Sc1ccccc1)C(=O)Nc1nc2c(s1)CNC2. The number of rotatable bonds is 4. The number of anilines is 1. The monoisotopic (exact) mass is 305 g/mol. The van der Waals surface area contributed by atoms with Crippen molar-refractivity contribution in [3.05, 3.63) is 40.9 Å². The molecule has 1 amide bonds. The number of hydrogen-bond donors (Lipinski definition) is 2. The van der Waals surface area contributed by atoms with Crippen LogP contribution in [0.2, 0.25) is 0 Å². The number of benzene rings is 1. The molecule has 1 aromatic heterocycles. The van der Waals surface area contributed by atoms with Crippen molar-refractivity contribution in [1.29, 1.82) is 0 Å². The summed E-state index contributed by atoms with van der Waals surface area (Å²) in [6.07, 6.45) is 0. The van der Waals surface area contributed by atoms with Gasteiger partial charge in [0.1, 0.15) is 0 Å². The molecule has 0 aliphatic carbocycles. The van der Waals surface area contributed by atoms with Gasteiger partial charge < -0.3 is 10.6 Å². The second kappa shape index (κ2) is 5.95. The Balaban J connectivity index is 1.60. The van der Waals surface area contributed by atoms with Gasteiger partial charge in [-0.25, -0.2) is 4.98 Å². The zero-order chi connectivity index (χ0) is 13.9. The fraction of sp³-hybridized carbons (Fsp3) is 0.286. The molecule has 104 valence electrons. The minimum Gasteiger partial charge on any atom is -0.306 e. The van der Waals surface area contributed by atoms with Crippen molar-refractivity contribution >= 4 is 34.1 Å². The number of nitrogens with one attached hydrogen (secondary N) is 2. The lowest BCUT2D eigenvalue weighted by atomic mass is 10.4. The van der Waals surface area contributed by atoms with Gasteiger partial charge in [0.25, 0.3) is 0 Å². The largest absolute Gasteiger partial charge is 0.306 e. The Labute approximate surface area is 126 Å². The molecule has 1 atom stereocenters. The van der Waals surface area contributed by atoms with Crippen molar-refractivity contribution < 1.29 is 4.79 Å². The first kappa shape index (κ1) is 13.6. The van der Waals surface area contributed by atoms with E-state index in [0.29, 0.717) is 5.13 Å². The number of thiazole rings is 1.